The molecule has 2 N–H and O–H groups in total. The molecule has 2 aliphatic heterocycles. The van der Waals surface area contributed by atoms with E-state index in [0.717, 1.165) is 30.2 Å². The van der Waals surface area contributed by atoms with Crippen LogP contribution in [0.25, 0.3) is 11.0 Å². The van der Waals surface area contributed by atoms with Crippen LogP contribution in [0.2, 0.25) is 0 Å². The highest BCUT2D eigenvalue weighted by Gasteiger charge is 2.39. The molecule has 0 aliphatic carbocycles. The number of fused-ring (bicyclic) bond motifs is 3. The Balaban J connectivity index is 1.40. The zero-order chi connectivity index (χ0) is 17.4. The predicted octanol–water partition coefficient (Wildman–Crippen LogP) is 1.74. The number of aryl methyl sites for hydroxylation is 1. The Bertz CT molecular complexity index is 860. The van der Waals surface area contributed by atoms with E-state index in [0.29, 0.717) is 23.4 Å². The van der Waals surface area contributed by atoms with Gasteiger partial charge in [0, 0.05) is 35.6 Å². The van der Waals surface area contributed by atoms with E-state index in [1.165, 1.54) is 12.5 Å². The van der Waals surface area contributed by atoms with Crippen LogP contribution in [-0.4, -0.2) is 30.6 Å². The molecule has 2 aromatic rings. The molecule has 2 saturated heterocycles. The lowest BCUT2D eigenvalue weighted by Gasteiger charge is -2.21. The Kier molecular flexibility index (Phi) is 4.21. The third-order valence-electron chi connectivity index (χ3n) is 5.20. The minimum Gasteiger partial charge on any atom is -0.484 e. The van der Waals surface area contributed by atoms with Crippen LogP contribution < -0.4 is 21.0 Å². The molecule has 0 radical (unpaired) electrons. The molecule has 1 amide bonds. The fourth-order valence-electron chi connectivity index (χ4n) is 3.97. The molecule has 4 rings (SSSR count). The molecule has 0 spiro atoms. The van der Waals surface area contributed by atoms with E-state index >= 15 is 0 Å². The van der Waals surface area contributed by atoms with Gasteiger partial charge in [0.1, 0.15) is 11.3 Å². The maximum Gasteiger partial charge on any atom is 0.336 e. The van der Waals surface area contributed by atoms with Crippen molar-refractivity contribution in [1.29, 1.82) is 0 Å². The molecule has 6 nitrogen and oxygen atoms in total. The van der Waals surface area contributed by atoms with Gasteiger partial charge in [-0.1, -0.05) is 6.92 Å². The summed E-state index contributed by atoms with van der Waals surface area (Å²) in [6.07, 6.45) is 4.08. The van der Waals surface area contributed by atoms with Gasteiger partial charge in [0.15, 0.2) is 6.61 Å². The minimum absolute atomic E-state index is 0.0445. The van der Waals surface area contributed by atoms with Crippen LogP contribution in [0.4, 0.5) is 0 Å². The zero-order valence-electron chi connectivity index (χ0n) is 14.2. The fraction of sp³-hybridized carbons (Fsp3) is 0.474. The number of benzene rings is 1. The van der Waals surface area contributed by atoms with Crippen LogP contribution in [0, 0.1) is 0 Å². The van der Waals surface area contributed by atoms with E-state index in [-0.39, 0.29) is 24.2 Å². The monoisotopic (exact) mass is 342 g/mol. The van der Waals surface area contributed by atoms with E-state index in [4.69, 9.17) is 9.15 Å². The van der Waals surface area contributed by atoms with Gasteiger partial charge in [-0.25, -0.2) is 4.79 Å². The van der Waals surface area contributed by atoms with E-state index in [9.17, 15) is 9.59 Å². The molecular weight excluding hydrogens is 320 g/mol. The third kappa shape index (κ3) is 3.26. The van der Waals surface area contributed by atoms with Crippen molar-refractivity contribution in [3.8, 4) is 5.75 Å². The van der Waals surface area contributed by atoms with Crippen LogP contribution in [0.1, 0.15) is 31.7 Å². The van der Waals surface area contributed by atoms with Gasteiger partial charge in [-0.2, -0.15) is 0 Å². The number of carbonyl (C=O) groups is 1. The molecule has 3 atom stereocenters. The van der Waals surface area contributed by atoms with Crippen molar-refractivity contribution < 1.29 is 13.9 Å². The first-order valence-corrected chi connectivity index (χ1v) is 8.87. The number of hydrogen-bond acceptors (Lipinski definition) is 5. The molecule has 0 saturated carbocycles. The largest absolute Gasteiger partial charge is 0.484 e. The van der Waals surface area contributed by atoms with Crippen molar-refractivity contribution in [2.45, 2.75) is 50.7 Å². The Morgan fingerprint density at radius 2 is 2.24 bits per heavy atom. The Labute approximate surface area is 145 Å². The lowest BCUT2D eigenvalue weighted by molar-refractivity contribution is -0.123. The van der Waals surface area contributed by atoms with Crippen molar-refractivity contribution in [2.75, 3.05) is 6.61 Å². The second-order valence-corrected chi connectivity index (χ2v) is 6.85. The highest BCUT2D eigenvalue weighted by molar-refractivity contribution is 5.82. The first-order chi connectivity index (χ1) is 12.1. The van der Waals surface area contributed by atoms with Gasteiger partial charge < -0.3 is 19.8 Å². The summed E-state index contributed by atoms with van der Waals surface area (Å²) in [7, 11) is 0. The van der Waals surface area contributed by atoms with Crippen molar-refractivity contribution >= 4 is 16.9 Å². The van der Waals surface area contributed by atoms with Gasteiger partial charge in [0.05, 0.1) is 0 Å². The second kappa shape index (κ2) is 6.52. The quantitative estimate of drug-likeness (QED) is 0.809. The summed E-state index contributed by atoms with van der Waals surface area (Å²) in [5, 5.41) is 7.44. The fourth-order valence-corrected chi connectivity index (χ4v) is 3.97. The first kappa shape index (κ1) is 16.1. The number of ether oxygens (including phenoxy) is 1. The van der Waals surface area contributed by atoms with Crippen LogP contribution in [-0.2, 0) is 11.2 Å². The van der Waals surface area contributed by atoms with Crippen molar-refractivity contribution in [3.63, 3.8) is 0 Å². The number of nitrogens with one attached hydrogen (secondary N) is 2. The van der Waals surface area contributed by atoms with Gasteiger partial charge in [0.2, 0.25) is 0 Å². The minimum atomic E-state index is -0.372. The van der Waals surface area contributed by atoms with Crippen LogP contribution in [0.5, 0.6) is 5.75 Å². The highest BCUT2D eigenvalue weighted by Crippen LogP contribution is 2.28. The molecule has 1 aromatic heterocycles. The number of carbonyl (C=O) groups excluding carboxylic acids is 1. The van der Waals surface area contributed by atoms with Crippen LogP contribution in [0.15, 0.2) is 33.5 Å². The summed E-state index contributed by atoms with van der Waals surface area (Å²) in [5.41, 5.74) is 1.06. The lowest BCUT2D eigenvalue weighted by atomic mass is 9.95. The molecule has 2 bridgehead atoms. The van der Waals surface area contributed by atoms with Gasteiger partial charge in [0.25, 0.3) is 5.91 Å². The number of hydrogen-bond donors (Lipinski definition) is 2. The normalized spacial score (nSPS) is 24.6. The molecule has 25 heavy (non-hydrogen) atoms. The summed E-state index contributed by atoms with van der Waals surface area (Å²) >= 11 is 0. The second-order valence-electron chi connectivity index (χ2n) is 6.85. The first-order valence-electron chi connectivity index (χ1n) is 8.87. The molecule has 6 heteroatoms. The summed E-state index contributed by atoms with van der Waals surface area (Å²) in [5.74, 6) is 0.397. The Morgan fingerprint density at radius 1 is 1.36 bits per heavy atom. The molecule has 2 aliphatic rings. The Morgan fingerprint density at radius 3 is 2.96 bits per heavy atom. The topological polar surface area (TPSA) is 80.6 Å². The van der Waals surface area contributed by atoms with E-state index in [2.05, 4.69) is 10.6 Å². The standard InChI is InChI=1S/C19H22N2O4/c1-2-11-7-19(23)25-17-9-13(4-5-14(11)17)24-10-18(22)21-16-8-12-3-6-15(16)20-12/h4-5,7,9,12,15-16,20H,2-3,6,8,10H2,1H3,(H,21,22)/t12-,15+,16+/m1/s1. The zero-order valence-corrected chi connectivity index (χ0v) is 14.2. The van der Waals surface area contributed by atoms with E-state index in [1.807, 2.05) is 13.0 Å². The van der Waals surface area contributed by atoms with Gasteiger partial charge in [-0.05, 0) is 43.4 Å². The molecule has 1 aromatic carbocycles. The number of amides is 1. The molecule has 0 unspecified atom stereocenters. The van der Waals surface area contributed by atoms with E-state index < -0.39 is 0 Å². The highest BCUT2D eigenvalue weighted by atomic mass is 16.5. The average molecular weight is 342 g/mol. The third-order valence-corrected chi connectivity index (χ3v) is 5.20. The summed E-state index contributed by atoms with van der Waals surface area (Å²) in [6.45, 7) is 1.95. The molecule has 3 heterocycles. The Hall–Kier alpha value is -2.34. The van der Waals surface area contributed by atoms with Crippen molar-refractivity contribution in [2.24, 2.45) is 0 Å². The molecule has 132 valence electrons. The van der Waals surface area contributed by atoms with Gasteiger partial charge in [-0.3, -0.25) is 4.79 Å². The summed E-state index contributed by atoms with van der Waals surface area (Å²) in [4.78, 5) is 23.7. The average Bonchev–Trinajstić information content (AvgIpc) is 3.21. The maximum absolute atomic E-state index is 12.1. The van der Waals surface area contributed by atoms with Crippen molar-refractivity contribution in [3.05, 3.63) is 40.2 Å². The molecule has 2 fully saturated rings. The SMILES string of the molecule is CCc1cc(=O)oc2cc(OCC(=O)N[C@H]3C[C@H]4CC[C@@H]3N4)ccc12. The van der Waals surface area contributed by atoms with E-state index in [1.54, 1.807) is 12.1 Å². The molecular formula is C19H22N2O4. The van der Waals surface area contributed by atoms with Gasteiger partial charge >= 0.3 is 5.63 Å². The summed E-state index contributed by atoms with van der Waals surface area (Å²) < 4.78 is 10.8. The maximum atomic E-state index is 12.1. The van der Waals surface area contributed by atoms with Gasteiger partial charge in [-0.15, -0.1) is 0 Å². The van der Waals surface area contributed by atoms with Crippen molar-refractivity contribution in [1.82, 2.24) is 10.6 Å². The lowest BCUT2D eigenvalue weighted by Crippen LogP contribution is -2.44. The predicted molar refractivity (Wildman–Crippen MR) is 93.9 cm³/mol. The smallest absolute Gasteiger partial charge is 0.336 e. The number of rotatable bonds is 5. The van der Waals surface area contributed by atoms with Crippen LogP contribution >= 0.6 is 0 Å². The summed E-state index contributed by atoms with van der Waals surface area (Å²) in [6, 6.07) is 8.00. The van der Waals surface area contributed by atoms with Crippen LogP contribution in [0.3, 0.4) is 0 Å².